The molecule has 3 N–H and O–H groups in total. The van der Waals surface area contributed by atoms with E-state index >= 15 is 0 Å². The number of hydrogen-bond acceptors (Lipinski definition) is 5. The van der Waals surface area contributed by atoms with Gasteiger partial charge < -0.3 is 4.42 Å². The summed E-state index contributed by atoms with van der Waals surface area (Å²) in [7, 11) is 0. The maximum absolute atomic E-state index is 11.5. The van der Waals surface area contributed by atoms with Crippen molar-refractivity contribution in [3.8, 4) is 0 Å². The molecule has 0 aromatic carbocycles. The van der Waals surface area contributed by atoms with Gasteiger partial charge in [0.25, 0.3) is 0 Å². The Balaban J connectivity index is 2.05. The highest BCUT2D eigenvalue weighted by Gasteiger charge is 2.24. The molecule has 19 heavy (non-hydrogen) atoms. The van der Waals surface area contributed by atoms with Crippen LogP contribution in [0.1, 0.15) is 35.7 Å². The largest absolute Gasteiger partial charge is 0.454 e. The maximum atomic E-state index is 11.5. The number of nitrogens with zero attached hydrogens (tertiary/aromatic N) is 1. The van der Waals surface area contributed by atoms with Crippen molar-refractivity contribution in [3.63, 3.8) is 0 Å². The molecule has 0 saturated carbocycles. The maximum Gasteiger partial charge on any atom is 0.301 e. The molecule has 5 nitrogen and oxygen atoms in total. The number of aryl methyl sites for hydroxylation is 1. The molecule has 1 fully saturated rings. The van der Waals surface area contributed by atoms with E-state index in [2.05, 4.69) is 24.2 Å². The number of rotatable bonds is 3. The normalized spacial score (nSPS) is 24.4. The van der Waals surface area contributed by atoms with Crippen LogP contribution in [0.5, 0.6) is 0 Å². The van der Waals surface area contributed by atoms with E-state index in [4.69, 9.17) is 10.3 Å². The first kappa shape index (κ1) is 14.4. The summed E-state index contributed by atoms with van der Waals surface area (Å²) in [6, 6.07) is 1.92. The molecule has 2 heterocycles. The second-order valence-electron chi connectivity index (χ2n) is 5.15. The molecule has 1 aromatic rings. The summed E-state index contributed by atoms with van der Waals surface area (Å²) in [6.45, 7) is 9.19. The number of furan rings is 1. The van der Waals surface area contributed by atoms with Crippen molar-refractivity contribution in [1.29, 1.82) is 0 Å². The number of nitrogens with two attached hydrogens (primary N) is 1. The molecular formula is C13H21N3O2S. The Kier molecular flexibility index (Phi) is 4.54. The summed E-state index contributed by atoms with van der Waals surface area (Å²) >= 11 is 2.02. The molecule has 2 rings (SSSR count). The van der Waals surface area contributed by atoms with E-state index in [1.807, 2.05) is 24.8 Å². The van der Waals surface area contributed by atoms with Crippen molar-refractivity contribution in [3.05, 3.63) is 23.2 Å². The van der Waals surface area contributed by atoms with E-state index in [-0.39, 0.29) is 5.91 Å². The van der Waals surface area contributed by atoms with E-state index in [0.717, 1.165) is 31.0 Å². The zero-order valence-corrected chi connectivity index (χ0v) is 12.4. The van der Waals surface area contributed by atoms with Gasteiger partial charge in [-0.25, -0.2) is 5.84 Å². The van der Waals surface area contributed by atoms with Crippen molar-refractivity contribution >= 4 is 17.7 Å². The molecule has 106 valence electrons. The molecule has 0 bridgehead atoms. The Morgan fingerprint density at radius 2 is 2.16 bits per heavy atom. The van der Waals surface area contributed by atoms with Gasteiger partial charge in [0.05, 0.1) is 6.54 Å². The summed E-state index contributed by atoms with van der Waals surface area (Å²) < 4.78 is 5.60. The number of thioether (sulfide) groups is 1. The number of carbonyl (C=O) groups excluding carboxylic acids is 1. The molecule has 1 aliphatic rings. The Hall–Kier alpha value is -0.980. The first-order valence-electron chi connectivity index (χ1n) is 6.47. The Labute approximate surface area is 117 Å². The number of nitrogen functional groups attached to an aromatic ring is 1. The zero-order chi connectivity index (χ0) is 14.0. The highest BCUT2D eigenvalue weighted by Crippen LogP contribution is 2.26. The number of hydrogen-bond donors (Lipinski definition) is 2. The van der Waals surface area contributed by atoms with Gasteiger partial charge in [0, 0.05) is 29.2 Å². The first-order valence-corrected chi connectivity index (χ1v) is 7.42. The van der Waals surface area contributed by atoms with Gasteiger partial charge in [-0.3, -0.25) is 15.1 Å². The molecule has 1 amide bonds. The molecule has 6 heteroatoms. The third kappa shape index (κ3) is 3.52. The molecule has 2 unspecified atom stereocenters. The van der Waals surface area contributed by atoms with Crippen LogP contribution >= 0.6 is 11.8 Å². The Bertz CT molecular complexity index is 451. The van der Waals surface area contributed by atoms with Gasteiger partial charge in [-0.1, -0.05) is 13.8 Å². The topological polar surface area (TPSA) is 71.5 Å². The quantitative estimate of drug-likeness (QED) is 0.500. The number of nitrogens with one attached hydrogen (secondary N) is 1. The Morgan fingerprint density at radius 1 is 1.53 bits per heavy atom. The lowest BCUT2D eigenvalue weighted by molar-refractivity contribution is 0.0921. The minimum absolute atomic E-state index is 0.310. The van der Waals surface area contributed by atoms with Gasteiger partial charge in [0.2, 0.25) is 0 Å². The van der Waals surface area contributed by atoms with Gasteiger partial charge in [-0.15, -0.1) is 0 Å². The first-order chi connectivity index (χ1) is 8.99. The lowest BCUT2D eigenvalue weighted by Crippen LogP contribution is -2.39. The highest BCUT2D eigenvalue weighted by molar-refractivity contribution is 8.00. The van der Waals surface area contributed by atoms with Crippen LogP contribution in [-0.4, -0.2) is 34.4 Å². The average molecular weight is 283 g/mol. The zero-order valence-electron chi connectivity index (χ0n) is 11.6. The number of hydrazine groups is 1. The molecule has 0 spiro atoms. The summed E-state index contributed by atoms with van der Waals surface area (Å²) in [5.41, 5.74) is 2.93. The molecule has 1 aliphatic heterocycles. The fraction of sp³-hybridized carbons (Fsp3) is 0.615. The molecule has 0 radical (unpaired) electrons. The van der Waals surface area contributed by atoms with Crippen LogP contribution in [0.2, 0.25) is 0 Å². The second-order valence-corrected chi connectivity index (χ2v) is 7.03. The summed E-state index contributed by atoms with van der Waals surface area (Å²) in [6.07, 6.45) is 0. The molecule has 1 aromatic heterocycles. The standard InChI is InChI=1S/C13H21N3O2S/c1-8-4-11(18-12(8)13(17)15-14)7-16-5-9(2)19-10(3)6-16/h4,9-10H,5-7,14H2,1-3H3,(H,15,17). The van der Waals surface area contributed by atoms with Crippen molar-refractivity contribution < 1.29 is 9.21 Å². The van der Waals surface area contributed by atoms with Gasteiger partial charge in [-0.05, 0) is 13.0 Å². The smallest absolute Gasteiger partial charge is 0.301 e. The third-order valence-electron chi connectivity index (χ3n) is 3.18. The molecule has 2 atom stereocenters. The van der Waals surface area contributed by atoms with Crippen LogP contribution in [0, 0.1) is 6.92 Å². The van der Waals surface area contributed by atoms with E-state index < -0.39 is 0 Å². The van der Waals surface area contributed by atoms with Crippen LogP contribution in [0.4, 0.5) is 0 Å². The highest BCUT2D eigenvalue weighted by atomic mass is 32.2. The van der Waals surface area contributed by atoms with E-state index in [9.17, 15) is 4.79 Å². The van der Waals surface area contributed by atoms with E-state index in [1.165, 1.54) is 0 Å². The van der Waals surface area contributed by atoms with Gasteiger partial charge in [0.15, 0.2) is 5.76 Å². The monoisotopic (exact) mass is 283 g/mol. The number of amides is 1. The lowest BCUT2D eigenvalue weighted by Gasteiger charge is -2.33. The van der Waals surface area contributed by atoms with E-state index in [1.54, 1.807) is 0 Å². The van der Waals surface area contributed by atoms with Crippen molar-refractivity contribution in [2.24, 2.45) is 5.84 Å². The molecular weight excluding hydrogens is 262 g/mol. The fourth-order valence-electron chi connectivity index (χ4n) is 2.55. The summed E-state index contributed by atoms with van der Waals surface area (Å²) in [5.74, 6) is 5.89. The SMILES string of the molecule is Cc1cc(CN2CC(C)SC(C)C2)oc1C(=O)NN. The van der Waals surface area contributed by atoms with Crippen molar-refractivity contribution in [2.45, 2.75) is 37.8 Å². The van der Waals surface area contributed by atoms with Gasteiger partial charge in [0.1, 0.15) is 5.76 Å². The molecule has 0 aliphatic carbocycles. The minimum atomic E-state index is -0.375. The average Bonchev–Trinajstić information content (AvgIpc) is 2.68. The predicted molar refractivity (Wildman–Crippen MR) is 76.9 cm³/mol. The third-order valence-corrected chi connectivity index (χ3v) is 4.41. The van der Waals surface area contributed by atoms with Crippen LogP contribution in [0.3, 0.4) is 0 Å². The van der Waals surface area contributed by atoms with Crippen LogP contribution in [0.25, 0.3) is 0 Å². The summed E-state index contributed by atoms with van der Waals surface area (Å²) in [4.78, 5) is 13.9. The predicted octanol–water partition coefficient (Wildman–Crippen LogP) is 1.52. The second kappa shape index (κ2) is 5.98. The molecule has 1 saturated heterocycles. The van der Waals surface area contributed by atoms with Crippen LogP contribution < -0.4 is 11.3 Å². The minimum Gasteiger partial charge on any atom is -0.454 e. The van der Waals surface area contributed by atoms with Crippen LogP contribution in [0.15, 0.2) is 10.5 Å². The van der Waals surface area contributed by atoms with Crippen molar-refractivity contribution in [1.82, 2.24) is 10.3 Å². The Morgan fingerprint density at radius 3 is 2.74 bits per heavy atom. The van der Waals surface area contributed by atoms with Gasteiger partial charge in [-0.2, -0.15) is 11.8 Å². The van der Waals surface area contributed by atoms with E-state index in [0.29, 0.717) is 16.3 Å². The number of carbonyl (C=O) groups is 1. The summed E-state index contributed by atoms with van der Waals surface area (Å²) in [5, 5.41) is 1.26. The van der Waals surface area contributed by atoms with Crippen LogP contribution in [-0.2, 0) is 6.54 Å². The van der Waals surface area contributed by atoms with Crippen molar-refractivity contribution in [2.75, 3.05) is 13.1 Å². The van der Waals surface area contributed by atoms with Gasteiger partial charge >= 0.3 is 5.91 Å². The fourth-order valence-corrected chi connectivity index (χ4v) is 3.94. The lowest BCUT2D eigenvalue weighted by atomic mass is 10.2.